The summed E-state index contributed by atoms with van der Waals surface area (Å²) in [4.78, 5) is -0.433. The Labute approximate surface area is 131 Å². The first-order valence-corrected chi connectivity index (χ1v) is 6.40. The van der Waals surface area contributed by atoms with Crippen molar-refractivity contribution < 1.29 is 22.1 Å². The highest BCUT2D eigenvalue weighted by molar-refractivity contribution is 7.98. The minimum atomic E-state index is -4.78. The molecular formula is C11H7ClF4N4OS. The maximum Gasteiger partial charge on any atom is 0.416 e. The Bertz CT molecular complexity index is 661. The number of hydrogen-bond acceptors (Lipinski definition) is 6. The van der Waals surface area contributed by atoms with Crippen LogP contribution in [0.3, 0.4) is 0 Å². The Morgan fingerprint density at radius 3 is 2.45 bits per heavy atom. The van der Waals surface area contributed by atoms with Crippen LogP contribution < -0.4 is 11.1 Å². The number of rotatable bonds is 4. The van der Waals surface area contributed by atoms with Gasteiger partial charge in [-0.25, -0.2) is 4.39 Å². The van der Waals surface area contributed by atoms with Gasteiger partial charge in [0.05, 0.1) is 16.3 Å². The van der Waals surface area contributed by atoms with Crippen LogP contribution in [-0.4, -0.2) is 10.3 Å². The van der Waals surface area contributed by atoms with Gasteiger partial charge in [-0.15, -0.1) is 0 Å². The van der Waals surface area contributed by atoms with Crippen LogP contribution in [0.5, 0.6) is 0 Å². The lowest BCUT2D eigenvalue weighted by atomic mass is 10.2. The van der Waals surface area contributed by atoms with Crippen LogP contribution in [0.25, 0.3) is 0 Å². The van der Waals surface area contributed by atoms with Gasteiger partial charge in [0, 0.05) is 12.0 Å². The average molecular weight is 355 g/mol. The van der Waals surface area contributed by atoms with Crippen LogP contribution >= 0.6 is 23.6 Å². The van der Waals surface area contributed by atoms with Crippen molar-refractivity contribution in [2.24, 2.45) is 5.73 Å². The number of hydrogen-bond donors (Lipinski definition) is 4. The minimum absolute atomic E-state index is 0.0514. The smallest absolute Gasteiger partial charge is 0.384 e. The molecule has 5 N–H and O–H groups in total. The van der Waals surface area contributed by atoms with E-state index < -0.39 is 44.7 Å². The predicted octanol–water partition coefficient (Wildman–Crippen LogP) is 3.79. The molecule has 0 aromatic heterocycles. The van der Waals surface area contributed by atoms with Gasteiger partial charge in [0.15, 0.2) is 5.71 Å². The predicted molar refractivity (Wildman–Crippen MR) is 74.8 cm³/mol. The normalized spacial score (nSPS) is 12.4. The van der Waals surface area contributed by atoms with E-state index in [-0.39, 0.29) is 18.1 Å². The molecule has 118 valence electrons. The van der Waals surface area contributed by atoms with Crippen molar-refractivity contribution in [3.05, 3.63) is 39.3 Å². The number of nitrogens with one attached hydrogen (secondary N) is 2. The highest BCUT2D eigenvalue weighted by atomic mass is 35.5. The van der Waals surface area contributed by atoms with Gasteiger partial charge in [-0.1, -0.05) is 11.6 Å². The van der Waals surface area contributed by atoms with E-state index in [1.807, 2.05) is 0 Å². The molecule has 1 rings (SSSR count). The van der Waals surface area contributed by atoms with Gasteiger partial charge in [-0.3, -0.25) is 5.41 Å². The van der Waals surface area contributed by atoms with Gasteiger partial charge in [0.25, 0.3) is 0 Å². The third-order valence-corrected chi connectivity index (χ3v) is 3.21. The fourth-order valence-corrected chi connectivity index (χ4v) is 1.87. The molecule has 0 atom stereocenters. The number of allylic oxidation sites excluding steroid dienone is 1. The first-order chi connectivity index (χ1) is 10.1. The number of nitrogens with two attached hydrogens (primary N) is 1. The summed E-state index contributed by atoms with van der Waals surface area (Å²) in [5.41, 5.74) is 2.86. The van der Waals surface area contributed by atoms with Crippen LogP contribution in [0.1, 0.15) is 5.56 Å². The van der Waals surface area contributed by atoms with Crippen LogP contribution in [0.4, 0.5) is 23.2 Å². The van der Waals surface area contributed by atoms with Crippen LogP contribution in [-0.2, 0) is 6.18 Å². The summed E-state index contributed by atoms with van der Waals surface area (Å²) in [6.45, 7) is 0. The van der Waals surface area contributed by atoms with Gasteiger partial charge in [0.2, 0.25) is 0 Å². The van der Waals surface area contributed by atoms with Crippen molar-refractivity contribution in [1.29, 1.82) is 10.7 Å². The highest BCUT2D eigenvalue weighted by Crippen LogP contribution is 2.36. The molecule has 0 bridgehead atoms. The molecule has 0 spiro atoms. The summed E-state index contributed by atoms with van der Waals surface area (Å²) >= 11 is 5.53. The van der Waals surface area contributed by atoms with Crippen LogP contribution in [0.15, 0.2) is 22.9 Å². The molecule has 22 heavy (non-hydrogen) atoms. The molecule has 0 saturated heterocycles. The lowest BCUT2D eigenvalue weighted by molar-refractivity contribution is -0.137. The molecule has 1 aromatic rings. The first-order valence-electron chi connectivity index (χ1n) is 5.25. The Hall–Kier alpha value is -1.96. The number of halogens is 5. The summed E-state index contributed by atoms with van der Waals surface area (Å²) in [5, 5.41) is 17.3. The van der Waals surface area contributed by atoms with E-state index >= 15 is 0 Å². The monoisotopic (exact) mass is 354 g/mol. The van der Waals surface area contributed by atoms with E-state index in [1.165, 1.54) is 6.07 Å². The van der Waals surface area contributed by atoms with E-state index in [1.54, 1.807) is 0 Å². The van der Waals surface area contributed by atoms with Crippen molar-refractivity contribution in [2.45, 2.75) is 6.18 Å². The lowest BCUT2D eigenvalue weighted by Crippen LogP contribution is -2.16. The maximum absolute atomic E-state index is 13.7. The van der Waals surface area contributed by atoms with Crippen LogP contribution in [0, 0.1) is 22.6 Å². The van der Waals surface area contributed by atoms with Crippen molar-refractivity contribution >= 4 is 35.0 Å². The largest absolute Gasteiger partial charge is 0.416 e. The zero-order chi connectivity index (χ0) is 17.1. The molecule has 0 aliphatic heterocycles. The molecule has 0 aliphatic carbocycles. The third kappa shape index (κ3) is 4.03. The Kier molecular flexibility index (Phi) is 5.65. The highest BCUT2D eigenvalue weighted by Gasteiger charge is 2.32. The Morgan fingerprint density at radius 2 is 2.05 bits per heavy atom. The number of nitrogens with zero attached hydrogens (tertiary/aromatic N) is 1. The zero-order valence-corrected chi connectivity index (χ0v) is 12.0. The molecule has 0 fully saturated rings. The van der Waals surface area contributed by atoms with E-state index in [4.69, 9.17) is 32.6 Å². The average Bonchev–Trinajstić information content (AvgIpc) is 2.42. The molecular weight excluding hydrogens is 348 g/mol. The van der Waals surface area contributed by atoms with Crippen molar-refractivity contribution in [3.8, 4) is 6.07 Å². The summed E-state index contributed by atoms with van der Waals surface area (Å²) in [6, 6.07) is 2.09. The molecule has 0 saturated carbocycles. The second kappa shape index (κ2) is 6.87. The fourth-order valence-electron chi connectivity index (χ4n) is 1.33. The number of benzene rings is 1. The van der Waals surface area contributed by atoms with E-state index in [0.29, 0.717) is 6.07 Å². The molecule has 11 heteroatoms. The standard InChI is InChI=1S/C11H7ClF4N4OS/c12-5-1-4(11(14,15)16)2-6(13)8(5)20-10(19)9(22-21)7(18)3-17/h1-2,18,20-21H,19H2/b10-9+,18-7?. The molecule has 0 unspecified atom stereocenters. The van der Waals surface area contributed by atoms with Gasteiger partial charge < -0.3 is 15.6 Å². The van der Waals surface area contributed by atoms with Gasteiger partial charge in [0.1, 0.15) is 22.6 Å². The van der Waals surface area contributed by atoms with Gasteiger partial charge >= 0.3 is 6.18 Å². The minimum Gasteiger partial charge on any atom is -0.384 e. The quantitative estimate of drug-likeness (QED) is 0.374. The second-order valence-electron chi connectivity index (χ2n) is 3.76. The van der Waals surface area contributed by atoms with Crippen molar-refractivity contribution in [1.82, 2.24) is 0 Å². The van der Waals surface area contributed by atoms with E-state index in [9.17, 15) is 17.6 Å². The second-order valence-corrected chi connectivity index (χ2v) is 4.76. The zero-order valence-electron chi connectivity index (χ0n) is 10.4. The van der Waals surface area contributed by atoms with Gasteiger partial charge in [-0.2, -0.15) is 18.4 Å². The fraction of sp³-hybridized carbons (Fsp3) is 0.0909. The third-order valence-electron chi connectivity index (χ3n) is 2.30. The van der Waals surface area contributed by atoms with E-state index in [0.717, 1.165) is 0 Å². The molecule has 0 radical (unpaired) electrons. The maximum atomic E-state index is 13.7. The molecule has 1 aromatic carbocycles. The first kappa shape index (κ1) is 18.1. The summed E-state index contributed by atoms with van der Waals surface area (Å²) in [7, 11) is 0. The Morgan fingerprint density at radius 1 is 1.45 bits per heavy atom. The molecule has 0 aliphatic rings. The Balaban J connectivity index is 3.28. The summed E-state index contributed by atoms with van der Waals surface area (Å²) < 4.78 is 60.2. The SMILES string of the molecule is N#CC(=N)/C(SO)=C(/N)Nc1c(F)cc(C(F)(F)F)cc1Cl. The molecule has 0 heterocycles. The molecule has 5 nitrogen and oxygen atoms in total. The summed E-state index contributed by atoms with van der Waals surface area (Å²) in [5.74, 6) is -1.85. The van der Waals surface area contributed by atoms with Crippen molar-refractivity contribution in [2.75, 3.05) is 5.32 Å². The lowest BCUT2D eigenvalue weighted by Gasteiger charge is -2.14. The summed E-state index contributed by atoms with van der Waals surface area (Å²) in [6.07, 6.45) is -4.78. The van der Waals surface area contributed by atoms with E-state index in [2.05, 4.69) is 5.32 Å². The molecule has 0 amide bonds. The number of nitriles is 1. The van der Waals surface area contributed by atoms with Crippen molar-refractivity contribution in [3.63, 3.8) is 0 Å². The van der Waals surface area contributed by atoms with Gasteiger partial charge in [-0.05, 0) is 12.1 Å². The van der Waals surface area contributed by atoms with Crippen LogP contribution in [0.2, 0.25) is 5.02 Å². The number of anilines is 1. The topological polar surface area (TPSA) is 106 Å². The number of alkyl halides is 3.